The molecule has 0 spiro atoms. The fourth-order valence-electron chi connectivity index (χ4n) is 4.79. The molecule has 2 aromatic carbocycles. The molecular weight excluding hydrogens is 484 g/mol. The molecule has 1 atom stereocenters. The van der Waals surface area contributed by atoms with Gasteiger partial charge in [0.25, 0.3) is 5.91 Å². The van der Waals surface area contributed by atoms with E-state index in [0.717, 1.165) is 60.4 Å². The topological polar surface area (TPSA) is 63.0 Å². The van der Waals surface area contributed by atoms with Crippen LogP contribution in [0, 0.1) is 13.8 Å². The Morgan fingerprint density at radius 1 is 1.00 bits per heavy atom. The quantitative estimate of drug-likeness (QED) is 0.507. The number of hydrogen-bond donors (Lipinski definition) is 0. The number of morpholine rings is 1. The molecule has 5 rings (SSSR count). The Kier molecular flexibility index (Phi) is 6.12. The van der Waals surface area contributed by atoms with Crippen LogP contribution in [0.3, 0.4) is 0 Å². The maximum absolute atomic E-state index is 13.7. The molecule has 1 aromatic heterocycles. The third-order valence-electron chi connectivity index (χ3n) is 6.74. The van der Waals surface area contributed by atoms with Gasteiger partial charge in [0, 0.05) is 30.7 Å². The summed E-state index contributed by atoms with van der Waals surface area (Å²) in [4.78, 5) is 31.4. The Labute approximate surface area is 201 Å². The number of amides is 1. The second-order valence-corrected chi connectivity index (χ2v) is 9.78. The van der Waals surface area contributed by atoms with Crippen LogP contribution in [0.15, 0.2) is 50.1 Å². The van der Waals surface area contributed by atoms with Crippen LogP contribution in [-0.2, 0) is 4.74 Å². The van der Waals surface area contributed by atoms with Crippen molar-refractivity contribution in [2.45, 2.75) is 26.3 Å². The number of carbonyl (C=O) groups excluding carboxylic acids is 1. The highest BCUT2D eigenvalue weighted by molar-refractivity contribution is 9.10. The molecule has 0 radical (unpaired) electrons. The third kappa shape index (κ3) is 4.14. The zero-order valence-corrected chi connectivity index (χ0v) is 20.5. The number of aryl methyl sites for hydroxylation is 2. The lowest BCUT2D eigenvalue weighted by molar-refractivity contribution is 0.0353. The Bertz CT molecular complexity index is 1260. The van der Waals surface area contributed by atoms with Crippen LogP contribution in [0.4, 0.5) is 0 Å². The molecule has 1 saturated heterocycles. The summed E-state index contributed by atoms with van der Waals surface area (Å²) in [7, 11) is 0. The molecule has 3 heterocycles. The van der Waals surface area contributed by atoms with E-state index in [1.54, 1.807) is 4.90 Å². The Hall–Kier alpha value is -2.48. The molecule has 172 valence electrons. The number of carbonyl (C=O) groups is 1. The average Bonchev–Trinajstić information content (AvgIpc) is 3.09. The Morgan fingerprint density at radius 3 is 2.42 bits per heavy atom. The fourth-order valence-corrected chi connectivity index (χ4v) is 5.05. The summed E-state index contributed by atoms with van der Waals surface area (Å²) in [6, 6.07) is 11.1. The van der Waals surface area contributed by atoms with Crippen LogP contribution < -0.4 is 5.43 Å². The van der Waals surface area contributed by atoms with Crippen LogP contribution in [0.5, 0.6) is 0 Å². The maximum atomic E-state index is 13.7. The minimum atomic E-state index is -0.451. The first kappa shape index (κ1) is 22.3. The minimum absolute atomic E-state index is 0.119. The maximum Gasteiger partial charge on any atom is 0.290 e. The molecule has 6 nitrogen and oxygen atoms in total. The average molecular weight is 511 g/mol. The highest BCUT2D eigenvalue weighted by Gasteiger charge is 2.42. The highest BCUT2D eigenvalue weighted by Crippen LogP contribution is 2.38. The summed E-state index contributed by atoms with van der Waals surface area (Å²) in [6.45, 7) is 8.72. The van der Waals surface area contributed by atoms with E-state index in [2.05, 4.69) is 20.8 Å². The van der Waals surface area contributed by atoms with Crippen LogP contribution in [0.25, 0.3) is 11.0 Å². The molecule has 0 N–H and O–H groups in total. The molecule has 3 aromatic rings. The first-order valence-corrected chi connectivity index (χ1v) is 12.2. The molecule has 1 amide bonds. The summed E-state index contributed by atoms with van der Waals surface area (Å²) >= 11 is 3.48. The smallest absolute Gasteiger partial charge is 0.290 e. The highest BCUT2D eigenvalue weighted by atomic mass is 79.9. The van der Waals surface area contributed by atoms with Gasteiger partial charge in [-0.3, -0.25) is 14.5 Å². The van der Waals surface area contributed by atoms with Gasteiger partial charge < -0.3 is 14.1 Å². The molecular formula is C26H27BrN2O4. The lowest BCUT2D eigenvalue weighted by atomic mass is 9.97. The molecule has 7 heteroatoms. The molecule has 1 unspecified atom stereocenters. The largest absolute Gasteiger partial charge is 0.450 e. The van der Waals surface area contributed by atoms with Crippen molar-refractivity contribution in [1.82, 2.24) is 9.80 Å². The van der Waals surface area contributed by atoms with Crippen molar-refractivity contribution in [3.05, 3.63) is 79.1 Å². The molecule has 0 bridgehead atoms. The third-order valence-corrected chi connectivity index (χ3v) is 7.27. The van der Waals surface area contributed by atoms with Crippen LogP contribution in [0.1, 0.15) is 45.3 Å². The van der Waals surface area contributed by atoms with Gasteiger partial charge in [-0.25, -0.2) is 0 Å². The lowest BCUT2D eigenvalue weighted by Gasteiger charge is -2.29. The zero-order valence-electron chi connectivity index (χ0n) is 18.9. The predicted octanol–water partition coefficient (Wildman–Crippen LogP) is 4.44. The van der Waals surface area contributed by atoms with Gasteiger partial charge in [0.15, 0.2) is 5.43 Å². The van der Waals surface area contributed by atoms with E-state index < -0.39 is 6.04 Å². The predicted molar refractivity (Wildman–Crippen MR) is 131 cm³/mol. The van der Waals surface area contributed by atoms with Gasteiger partial charge in [0.05, 0.1) is 30.2 Å². The number of benzene rings is 2. The molecule has 33 heavy (non-hydrogen) atoms. The number of nitrogens with zero attached hydrogens (tertiary/aromatic N) is 2. The van der Waals surface area contributed by atoms with Gasteiger partial charge in [-0.2, -0.15) is 0 Å². The van der Waals surface area contributed by atoms with Crippen molar-refractivity contribution in [3.63, 3.8) is 0 Å². The number of halogens is 1. The molecule has 1 fully saturated rings. The first-order chi connectivity index (χ1) is 15.9. The van der Waals surface area contributed by atoms with Crippen molar-refractivity contribution < 1.29 is 13.9 Å². The minimum Gasteiger partial charge on any atom is -0.450 e. The van der Waals surface area contributed by atoms with Crippen molar-refractivity contribution in [3.8, 4) is 0 Å². The van der Waals surface area contributed by atoms with Gasteiger partial charge in [-0.15, -0.1) is 0 Å². The number of fused-ring (bicyclic) bond motifs is 2. The normalized spacial score (nSPS) is 18.8. The second kappa shape index (κ2) is 9.05. The van der Waals surface area contributed by atoms with Crippen LogP contribution in [-0.4, -0.2) is 55.1 Å². The summed E-state index contributed by atoms with van der Waals surface area (Å²) in [5.74, 6) is -0.0350. The molecule has 0 saturated carbocycles. The zero-order chi connectivity index (χ0) is 23.1. The van der Waals surface area contributed by atoms with Gasteiger partial charge in [0.1, 0.15) is 5.58 Å². The van der Waals surface area contributed by atoms with E-state index in [1.165, 1.54) is 0 Å². The van der Waals surface area contributed by atoms with Gasteiger partial charge in [0.2, 0.25) is 5.76 Å². The van der Waals surface area contributed by atoms with Crippen molar-refractivity contribution >= 4 is 32.8 Å². The number of rotatable bonds is 5. The monoisotopic (exact) mass is 510 g/mol. The van der Waals surface area contributed by atoms with E-state index >= 15 is 0 Å². The summed E-state index contributed by atoms with van der Waals surface area (Å²) < 4.78 is 12.5. The van der Waals surface area contributed by atoms with E-state index in [1.807, 2.05) is 50.2 Å². The van der Waals surface area contributed by atoms with Crippen LogP contribution in [0.2, 0.25) is 0 Å². The summed E-state index contributed by atoms with van der Waals surface area (Å²) in [5, 5.41) is 0.530. The Balaban J connectivity index is 1.55. The van der Waals surface area contributed by atoms with E-state index in [0.29, 0.717) is 23.1 Å². The van der Waals surface area contributed by atoms with E-state index in [4.69, 9.17) is 9.15 Å². The Morgan fingerprint density at radius 2 is 1.70 bits per heavy atom. The number of ether oxygens (including phenoxy) is 1. The SMILES string of the molecule is Cc1cc2oc3c(c(=O)c2cc1C)C(c1ccc(Br)cc1)N(CCCN1CCOCC1)C3=O. The van der Waals surface area contributed by atoms with Gasteiger partial charge >= 0.3 is 0 Å². The van der Waals surface area contributed by atoms with Gasteiger partial charge in [-0.1, -0.05) is 28.1 Å². The summed E-state index contributed by atoms with van der Waals surface area (Å²) in [5.41, 5.74) is 3.77. The first-order valence-electron chi connectivity index (χ1n) is 11.4. The molecule has 2 aliphatic heterocycles. The lowest BCUT2D eigenvalue weighted by Crippen LogP contribution is -2.38. The second-order valence-electron chi connectivity index (χ2n) is 8.87. The van der Waals surface area contributed by atoms with Crippen molar-refractivity contribution in [1.29, 1.82) is 0 Å². The molecule has 0 aliphatic carbocycles. The van der Waals surface area contributed by atoms with Gasteiger partial charge in [-0.05, 0) is 61.2 Å². The number of hydrogen-bond acceptors (Lipinski definition) is 5. The standard InChI is InChI=1S/C26H27BrN2O4/c1-16-14-20-21(15-17(16)2)33-25-22(24(20)30)23(18-4-6-19(27)7-5-18)29(26(25)31)9-3-8-28-10-12-32-13-11-28/h4-7,14-15,23H,3,8-13H2,1-2H3. The van der Waals surface area contributed by atoms with E-state index in [9.17, 15) is 9.59 Å². The van der Waals surface area contributed by atoms with E-state index in [-0.39, 0.29) is 17.1 Å². The van der Waals surface area contributed by atoms with Crippen LogP contribution >= 0.6 is 15.9 Å². The fraction of sp³-hybridized carbons (Fsp3) is 0.385. The van der Waals surface area contributed by atoms with Crippen molar-refractivity contribution in [2.75, 3.05) is 39.4 Å². The summed E-state index contributed by atoms with van der Waals surface area (Å²) in [6.07, 6.45) is 0.818. The van der Waals surface area contributed by atoms with Crippen molar-refractivity contribution in [2.24, 2.45) is 0 Å². The molecule has 2 aliphatic rings.